The molecule has 152 valence electrons. The molecule has 0 spiro atoms. The van der Waals surface area contributed by atoms with Crippen LogP contribution in [0, 0.1) is 12.7 Å². The number of carbonyl (C=O) groups excluding carboxylic acids is 1. The highest BCUT2D eigenvalue weighted by molar-refractivity contribution is 7.12. The molecule has 0 atom stereocenters. The number of hydrogen-bond acceptors (Lipinski definition) is 5. The van der Waals surface area contributed by atoms with Gasteiger partial charge in [0.2, 0.25) is 5.88 Å². The predicted octanol–water partition coefficient (Wildman–Crippen LogP) is 5.65. The van der Waals surface area contributed by atoms with Crippen LogP contribution >= 0.6 is 22.9 Å². The van der Waals surface area contributed by atoms with E-state index in [4.69, 9.17) is 16.3 Å². The second kappa shape index (κ2) is 8.38. The number of para-hydroxylation sites is 1. The lowest BCUT2D eigenvalue weighted by atomic mass is 10.1. The summed E-state index contributed by atoms with van der Waals surface area (Å²) >= 11 is 7.47. The summed E-state index contributed by atoms with van der Waals surface area (Å²) in [5.41, 5.74) is 3.81. The molecule has 4 aromatic rings. The molecular weight excluding hydrogens is 425 g/mol. The van der Waals surface area contributed by atoms with Crippen LogP contribution in [0.2, 0.25) is 5.02 Å². The molecule has 5 nitrogen and oxygen atoms in total. The number of hydrogen-bond donors (Lipinski definition) is 0. The van der Waals surface area contributed by atoms with Crippen molar-refractivity contribution in [2.75, 3.05) is 12.0 Å². The number of ether oxygens (including phenoxy) is 1. The molecule has 2 heterocycles. The fraction of sp³-hybridized carbons (Fsp3) is 0.136. The fourth-order valence-electron chi connectivity index (χ4n) is 3.22. The van der Waals surface area contributed by atoms with Crippen molar-refractivity contribution in [1.29, 1.82) is 0 Å². The van der Waals surface area contributed by atoms with E-state index in [0.717, 1.165) is 0 Å². The number of thiazole rings is 1. The Labute approximate surface area is 181 Å². The van der Waals surface area contributed by atoms with Gasteiger partial charge in [0.05, 0.1) is 24.9 Å². The van der Waals surface area contributed by atoms with E-state index in [1.165, 1.54) is 24.5 Å². The van der Waals surface area contributed by atoms with Crippen molar-refractivity contribution < 1.29 is 13.9 Å². The highest BCUT2D eigenvalue weighted by Gasteiger charge is 2.23. The van der Waals surface area contributed by atoms with Crippen LogP contribution in [0.4, 0.5) is 10.1 Å². The van der Waals surface area contributed by atoms with Crippen molar-refractivity contribution in [2.24, 2.45) is 0 Å². The van der Waals surface area contributed by atoms with Gasteiger partial charge < -0.3 is 9.64 Å². The maximum absolute atomic E-state index is 14.4. The average molecular weight is 442 g/mol. The topological polar surface area (TPSA) is 55.3 Å². The van der Waals surface area contributed by atoms with Gasteiger partial charge in [-0.3, -0.25) is 4.79 Å². The normalized spacial score (nSPS) is 10.9. The van der Waals surface area contributed by atoms with Gasteiger partial charge in [0.1, 0.15) is 16.2 Å². The maximum atomic E-state index is 14.4. The second-order valence-electron chi connectivity index (χ2n) is 6.60. The number of anilines is 1. The van der Waals surface area contributed by atoms with Crippen molar-refractivity contribution in [1.82, 2.24) is 9.97 Å². The lowest BCUT2D eigenvalue weighted by Gasteiger charge is -2.24. The van der Waals surface area contributed by atoms with Gasteiger partial charge in [0.25, 0.3) is 5.91 Å². The third kappa shape index (κ3) is 3.86. The first kappa shape index (κ1) is 20.3. The number of halogens is 2. The summed E-state index contributed by atoms with van der Waals surface area (Å²) < 4.78 is 19.7. The first-order valence-corrected chi connectivity index (χ1v) is 10.3. The molecule has 0 aliphatic carbocycles. The minimum absolute atomic E-state index is 0.176. The quantitative estimate of drug-likeness (QED) is 0.401. The number of carbonyl (C=O) groups is 1. The predicted molar refractivity (Wildman–Crippen MR) is 117 cm³/mol. The summed E-state index contributed by atoms with van der Waals surface area (Å²) in [6.07, 6.45) is 0. The van der Waals surface area contributed by atoms with Crippen molar-refractivity contribution in [3.05, 3.63) is 81.0 Å². The second-order valence-corrected chi connectivity index (χ2v) is 7.89. The molecule has 0 fully saturated rings. The van der Waals surface area contributed by atoms with Crippen molar-refractivity contribution in [3.63, 3.8) is 0 Å². The highest BCUT2D eigenvalue weighted by Crippen LogP contribution is 2.30. The molecule has 0 saturated carbocycles. The van der Waals surface area contributed by atoms with Gasteiger partial charge >= 0.3 is 0 Å². The van der Waals surface area contributed by atoms with Gasteiger partial charge in [-0.15, -0.1) is 11.3 Å². The Kier molecular flexibility index (Phi) is 5.65. The van der Waals surface area contributed by atoms with E-state index in [1.807, 2.05) is 0 Å². The van der Waals surface area contributed by atoms with Crippen LogP contribution in [0.1, 0.15) is 20.9 Å². The summed E-state index contributed by atoms with van der Waals surface area (Å²) in [4.78, 5) is 24.0. The Hall–Kier alpha value is -3.03. The SMILES string of the molecule is COc1cc(CN(C(=O)c2scnc2C)c2cccc(Cl)c2)c2cccc(F)c2n1. The van der Waals surface area contributed by atoms with Crippen LogP contribution in [-0.2, 0) is 6.54 Å². The monoisotopic (exact) mass is 441 g/mol. The summed E-state index contributed by atoms with van der Waals surface area (Å²) in [6.45, 7) is 1.97. The lowest BCUT2D eigenvalue weighted by molar-refractivity contribution is 0.0988. The van der Waals surface area contributed by atoms with Gasteiger partial charge in [0.15, 0.2) is 0 Å². The van der Waals surface area contributed by atoms with E-state index in [2.05, 4.69) is 9.97 Å². The van der Waals surface area contributed by atoms with E-state index in [-0.39, 0.29) is 23.8 Å². The minimum atomic E-state index is -0.452. The van der Waals surface area contributed by atoms with Gasteiger partial charge in [0, 0.05) is 22.2 Å². The van der Waals surface area contributed by atoms with Crippen LogP contribution in [0.25, 0.3) is 10.9 Å². The Morgan fingerprint density at radius 1 is 1.23 bits per heavy atom. The van der Waals surface area contributed by atoms with Crippen molar-refractivity contribution in [3.8, 4) is 5.88 Å². The van der Waals surface area contributed by atoms with E-state index < -0.39 is 5.82 Å². The number of rotatable bonds is 5. The van der Waals surface area contributed by atoms with Crippen LogP contribution in [0.15, 0.2) is 54.0 Å². The Bertz CT molecular complexity index is 1240. The van der Waals surface area contributed by atoms with Crippen molar-refractivity contribution >= 4 is 45.4 Å². The molecular formula is C22H17ClFN3O2S. The molecule has 0 bridgehead atoms. The van der Waals surface area contributed by atoms with Gasteiger partial charge in [-0.05, 0) is 36.8 Å². The number of pyridine rings is 1. The van der Waals surface area contributed by atoms with Gasteiger partial charge in [-0.25, -0.2) is 14.4 Å². The molecule has 30 heavy (non-hydrogen) atoms. The van der Waals surface area contributed by atoms with Crippen LogP contribution < -0.4 is 9.64 Å². The number of aryl methyl sites for hydroxylation is 1. The summed E-state index contributed by atoms with van der Waals surface area (Å²) in [5.74, 6) is -0.390. The Morgan fingerprint density at radius 2 is 2.03 bits per heavy atom. The number of aromatic nitrogens is 2. The Balaban J connectivity index is 1.86. The molecule has 2 aromatic carbocycles. The highest BCUT2D eigenvalue weighted by atomic mass is 35.5. The molecule has 8 heteroatoms. The standard InChI is InChI=1S/C22H17ClFN3O2S/c1-13-21(30-12-25-13)22(28)27(16-6-3-5-15(23)10-16)11-14-9-19(29-2)26-20-17(14)7-4-8-18(20)24/h3-10,12H,11H2,1-2H3. The minimum Gasteiger partial charge on any atom is -0.481 e. The first-order chi connectivity index (χ1) is 14.5. The summed E-state index contributed by atoms with van der Waals surface area (Å²) in [7, 11) is 1.47. The smallest absolute Gasteiger partial charge is 0.270 e. The van der Waals surface area contributed by atoms with Crippen LogP contribution in [0.3, 0.4) is 0 Å². The van der Waals surface area contributed by atoms with E-state index in [1.54, 1.807) is 59.8 Å². The third-order valence-corrected chi connectivity index (χ3v) is 5.85. The summed E-state index contributed by atoms with van der Waals surface area (Å²) in [6, 6.07) is 13.5. The molecule has 0 saturated heterocycles. The Morgan fingerprint density at radius 3 is 2.73 bits per heavy atom. The molecule has 0 unspecified atom stereocenters. The van der Waals surface area contributed by atoms with Gasteiger partial charge in [-0.1, -0.05) is 29.8 Å². The zero-order valence-electron chi connectivity index (χ0n) is 16.2. The number of fused-ring (bicyclic) bond motifs is 1. The van der Waals surface area contributed by atoms with Crippen molar-refractivity contribution in [2.45, 2.75) is 13.5 Å². The molecule has 0 radical (unpaired) electrons. The molecule has 1 amide bonds. The molecule has 0 N–H and O–H groups in total. The molecule has 4 rings (SSSR count). The molecule has 0 aliphatic heterocycles. The molecule has 2 aromatic heterocycles. The van der Waals surface area contributed by atoms with E-state index in [9.17, 15) is 9.18 Å². The van der Waals surface area contributed by atoms with Crippen LogP contribution in [0.5, 0.6) is 5.88 Å². The van der Waals surface area contributed by atoms with E-state index in [0.29, 0.717) is 32.2 Å². The van der Waals surface area contributed by atoms with Crippen LogP contribution in [-0.4, -0.2) is 23.0 Å². The fourth-order valence-corrected chi connectivity index (χ4v) is 4.15. The number of nitrogens with zero attached hydrogens (tertiary/aromatic N) is 3. The molecule has 0 aliphatic rings. The summed E-state index contributed by atoms with van der Waals surface area (Å²) in [5, 5.41) is 1.12. The zero-order chi connectivity index (χ0) is 21.3. The van der Waals surface area contributed by atoms with Gasteiger partial charge in [-0.2, -0.15) is 0 Å². The first-order valence-electron chi connectivity index (χ1n) is 9.07. The third-order valence-electron chi connectivity index (χ3n) is 4.69. The average Bonchev–Trinajstić information content (AvgIpc) is 3.17. The van der Waals surface area contributed by atoms with E-state index >= 15 is 0 Å². The zero-order valence-corrected chi connectivity index (χ0v) is 17.8. The lowest BCUT2D eigenvalue weighted by Crippen LogP contribution is -2.30. The number of methoxy groups -OCH3 is 1. The number of amides is 1. The maximum Gasteiger partial charge on any atom is 0.270 e. The largest absolute Gasteiger partial charge is 0.481 e. The number of benzene rings is 2.